The Kier molecular flexibility index (Phi) is 5.95. The standard InChI is InChI=1S/C47H31N3O2/c1-47(2)37-10-4-3-9-33(37)34-25-29(17-22-38(34)47)28-15-20-32(21-16-28)50-41-23-18-30(45-48-39-11-5-7-13-43(39)51-45)26-35(41)36-27-31(19-24-42(36)50)46-49-40-12-6-8-14-44(40)52-46/h3-27H,1-2H3. The quantitative estimate of drug-likeness (QED) is 0.187. The van der Waals surface area contributed by atoms with E-state index in [0.717, 1.165) is 60.8 Å². The molecule has 0 spiro atoms. The van der Waals surface area contributed by atoms with Crippen LogP contribution in [-0.4, -0.2) is 14.5 Å². The summed E-state index contributed by atoms with van der Waals surface area (Å²) in [5, 5.41) is 2.19. The van der Waals surface area contributed by atoms with Crippen molar-refractivity contribution in [3.8, 4) is 50.8 Å². The van der Waals surface area contributed by atoms with Gasteiger partial charge in [0, 0.05) is 33.0 Å². The van der Waals surface area contributed by atoms with Crippen LogP contribution in [0.1, 0.15) is 25.0 Å². The molecule has 246 valence electrons. The predicted molar refractivity (Wildman–Crippen MR) is 210 cm³/mol. The van der Waals surface area contributed by atoms with Gasteiger partial charge < -0.3 is 13.4 Å². The first-order valence-electron chi connectivity index (χ1n) is 17.6. The van der Waals surface area contributed by atoms with Crippen LogP contribution in [0.2, 0.25) is 0 Å². The third-order valence-electron chi connectivity index (χ3n) is 10.9. The molecular weight excluding hydrogens is 639 g/mol. The van der Waals surface area contributed by atoms with Gasteiger partial charge in [-0.15, -0.1) is 0 Å². The zero-order chi connectivity index (χ0) is 34.6. The van der Waals surface area contributed by atoms with Crippen LogP contribution in [-0.2, 0) is 5.41 Å². The van der Waals surface area contributed by atoms with Gasteiger partial charge in [0.1, 0.15) is 11.0 Å². The summed E-state index contributed by atoms with van der Waals surface area (Å²) in [5.41, 5.74) is 16.2. The molecule has 11 rings (SSSR count). The van der Waals surface area contributed by atoms with E-state index in [1.165, 1.54) is 33.4 Å². The smallest absolute Gasteiger partial charge is 0.227 e. The van der Waals surface area contributed by atoms with Gasteiger partial charge in [-0.05, 0) is 112 Å². The fraction of sp³-hybridized carbons (Fsp3) is 0.0638. The molecule has 0 saturated heterocycles. The van der Waals surface area contributed by atoms with Crippen molar-refractivity contribution in [2.24, 2.45) is 0 Å². The average Bonchev–Trinajstić information content (AvgIpc) is 3.95. The maximum atomic E-state index is 6.20. The first kappa shape index (κ1) is 29.1. The van der Waals surface area contributed by atoms with Gasteiger partial charge in [-0.3, -0.25) is 0 Å². The summed E-state index contributed by atoms with van der Waals surface area (Å²) in [5.74, 6) is 1.20. The highest BCUT2D eigenvalue weighted by atomic mass is 16.4. The van der Waals surface area contributed by atoms with Crippen LogP contribution in [0.15, 0.2) is 160 Å². The minimum Gasteiger partial charge on any atom is -0.436 e. The molecule has 0 aliphatic heterocycles. The average molecular weight is 670 g/mol. The molecule has 0 amide bonds. The molecule has 0 unspecified atom stereocenters. The fourth-order valence-corrected chi connectivity index (χ4v) is 8.26. The van der Waals surface area contributed by atoms with Crippen molar-refractivity contribution in [3.05, 3.63) is 163 Å². The predicted octanol–water partition coefficient (Wildman–Crippen LogP) is 12.4. The molecule has 5 nitrogen and oxygen atoms in total. The van der Waals surface area contributed by atoms with Gasteiger partial charge in [0.15, 0.2) is 11.2 Å². The van der Waals surface area contributed by atoms with Crippen molar-refractivity contribution in [3.63, 3.8) is 0 Å². The third kappa shape index (κ3) is 4.23. The van der Waals surface area contributed by atoms with E-state index in [1.54, 1.807) is 0 Å². The maximum Gasteiger partial charge on any atom is 0.227 e. The van der Waals surface area contributed by atoms with E-state index in [0.29, 0.717) is 11.8 Å². The normalized spacial score (nSPS) is 13.3. The number of fused-ring (bicyclic) bond motifs is 8. The lowest BCUT2D eigenvalue weighted by molar-refractivity contribution is 0.619. The van der Waals surface area contributed by atoms with E-state index < -0.39 is 0 Å². The van der Waals surface area contributed by atoms with E-state index in [9.17, 15) is 0 Å². The summed E-state index contributed by atoms with van der Waals surface area (Å²) in [6.07, 6.45) is 0. The maximum absolute atomic E-state index is 6.20. The molecule has 3 aromatic heterocycles. The van der Waals surface area contributed by atoms with Gasteiger partial charge >= 0.3 is 0 Å². The van der Waals surface area contributed by atoms with E-state index >= 15 is 0 Å². The van der Waals surface area contributed by atoms with Crippen LogP contribution in [0.25, 0.3) is 94.9 Å². The largest absolute Gasteiger partial charge is 0.436 e. The SMILES string of the molecule is CC1(C)c2ccccc2-c2cc(-c3ccc(-n4c5ccc(-c6nc7ccccc7o6)cc5c5cc(-c6nc7ccccc7o6)ccc54)cc3)ccc21. The highest BCUT2D eigenvalue weighted by Gasteiger charge is 2.35. The van der Waals surface area contributed by atoms with Gasteiger partial charge in [-0.1, -0.05) is 86.6 Å². The second-order valence-corrected chi connectivity index (χ2v) is 14.3. The lowest BCUT2D eigenvalue weighted by Gasteiger charge is -2.21. The number of oxazole rings is 2. The van der Waals surface area contributed by atoms with Gasteiger partial charge in [0.05, 0.1) is 11.0 Å². The van der Waals surface area contributed by atoms with Crippen LogP contribution < -0.4 is 0 Å². The Morgan fingerprint density at radius 2 is 0.981 bits per heavy atom. The number of hydrogen-bond acceptors (Lipinski definition) is 4. The summed E-state index contributed by atoms with van der Waals surface area (Å²) < 4.78 is 14.7. The number of para-hydroxylation sites is 4. The first-order chi connectivity index (χ1) is 25.5. The summed E-state index contributed by atoms with van der Waals surface area (Å²) in [4.78, 5) is 9.61. The monoisotopic (exact) mass is 669 g/mol. The molecule has 0 fully saturated rings. The van der Waals surface area contributed by atoms with E-state index in [-0.39, 0.29) is 5.41 Å². The van der Waals surface area contributed by atoms with Crippen molar-refractivity contribution in [1.82, 2.24) is 14.5 Å². The molecule has 0 atom stereocenters. The van der Waals surface area contributed by atoms with Crippen LogP contribution in [0.4, 0.5) is 0 Å². The second-order valence-electron chi connectivity index (χ2n) is 14.3. The summed E-state index contributed by atoms with van der Waals surface area (Å²) >= 11 is 0. The number of rotatable bonds is 4. The molecular formula is C47H31N3O2. The van der Waals surface area contributed by atoms with Crippen LogP contribution in [0.5, 0.6) is 0 Å². The van der Waals surface area contributed by atoms with Crippen molar-refractivity contribution in [2.75, 3.05) is 0 Å². The van der Waals surface area contributed by atoms with Gasteiger partial charge in [-0.25, -0.2) is 9.97 Å². The van der Waals surface area contributed by atoms with Gasteiger partial charge in [-0.2, -0.15) is 0 Å². The Bertz CT molecular complexity index is 2850. The Morgan fingerprint density at radius 1 is 0.462 bits per heavy atom. The fourth-order valence-electron chi connectivity index (χ4n) is 8.26. The van der Waals surface area contributed by atoms with Crippen LogP contribution >= 0.6 is 0 Å². The van der Waals surface area contributed by atoms with Crippen LogP contribution in [0.3, 0.4) is 0 Å². The van der Waals surface area contributed by atoms with Crippen molar-refractivity contribution in [2.45, 2.75) is 19.3 Å². The summed E-state index contributed by atoms with van der Waals surface area (Å²) in [6, 6.07) is 53.4. The molecule has 5 heteroatoms. The lowest BCUT2D eigenvalue weighted by Crippen LogP contribution is -2.14. The first-order valence-corrected chi connectivity index (χ1v) is 17.6. The van der Waals surface area contributed by atoms with Gasteiger partial charge in [0.2, 0.25) is 11.8 Å². The Hall–Kier alpha value is -6.72. The van der Waals surface area contributed by atoms with Crippen LogP contribution in [0, 0.1) is 0 Å². The lowest BCUT2D eigenvalue weighted by atomic mass is 9.82. The number of nitrogens with zero attached hydrogens (tertiary/aromatic N) is 3. The molecule has 1 aliphatic rings. The topological polar surface area (TPSA) is 57.0 Å². The van der Waals surface area contributed by atoms with E-state index in [1.807, 2.05) is 48.5 Å². The van der Waals surface area contributed by atoms with Crippen molar-refractivity contribution in [1.29, 1.82) is 0 Å². The molecule has 0 radical (unpaired) electrons. The van der Waals surface area contributed by atoms with Gasteiger partial charge in [0.25, 0.3) is 0 Å². The minimum absolute atomic E-state index is 0.00841. The van der Waals surface area contributed by atoms with E-state index in [2.05, 4.69) is 122 Å². The number of hydrogen-bond donors (Lipinski definition) is 0. The molecule has 7 aromatic carbocycles. The number of benzene rings is 7. The second kappa shape index (κ2) is 10.6. The zero-order valence-electron chi connectivity index (χ0n) is 28.6. The van der Waals surface area contributed by atoms with Crippen molar-refractivity contribution < 1.29 is 8.83 Å². The summed E-state index contributed by atoms with van der Waals surface area (Å²) in [6.45, 7) is 4.65. The molecule has 0 saturated carbocycles. The molecule has 1 aliphatic carbocycles. The summed E-state index contributed by atoms with van der Waals surface area (Å²) in [7, 11) is 0. The molecule has 0 bridgehead atoms. The van der Waals surface area contributed by atoms with E-state index in [4.69, 9.17) is 18.8 Å². The highest BCUT2D eigenvalue weighted by Crippen LogP contribution is 2.49. The molecule has 10 aromatic rings. The molecule has 0 N–H and O–H groups in total. The molecule has 3 heterocycles. The molecule has 52 heavy (non-hydrogen) atoms. The minimum atomic E-state index is -0.00841. The Balaban J connectivity index is 1.06. The zero-order valence-corrected chi connectivity index (χ0v) is 28.6. The number of aromatic nitrogens is 3. The Morgan fingerprint density at radius 3 is 1.60 bits per heavy atom. The Labute approximate surface area is 299 Å². The van der Waals surface area contributed by atoms with Crippen molar-refractivity contribution >= 4 is 44.0 Å². The highest BCUT2D eigenvalue weighted by molar-refractivity contribution is 6.11. The third-order valence-corrected chi connectivity index (χ3v) is 10.9.